The van der Waals surface area contributed by atoms with E-state index < -0.39 is 0 Å². The van der Waals surface area contributed by atoms with E-state index in [-0.39, 0.29) is 5.82 Å². The van der Waals surface area contributed by atoms with Crippen molar-refractivity contribution in [3.63, 3.8) is 0 Å². The first kappa shape index (κ1) is 12.5. The largest absolute Gasteiger partial charge is 0.313 e. The second-order valence-electron chi connectivity index (χ2n) is 3.38. The van der Waals surface area contributed by atoms with E-state index in [1.54, 1.807) is 17.8 Å². The van der Waals surface area contributed by atoms with Crippen LogP contribution in [-0.4, -0.2) is 12.3 Å². The average molecular weight is 227 g/mol. The normalized spacial score (nSPS) is 10.6. The van der Waals surface area contributed by atoms with Crippen LogP contribution in [0.2, 0.25) is 0 Å². The van der Waals surface area contributed by atoms with Crippen molar-refractivity contribution >= 4 is 11.8 Å². The molecular formula is C12H18FNS. The van der Waals surface area contributed by atoms with E-state index in [4.69, 9.17) is 0 Å². The zero-order valence-electron chi connectivity index (χ0n) is 9.35. The maximum Gasteiger partial charge on any atom is 0.123 e. The van der Waals surface area contributed by atoms with Crippen LogP contribution >= 0.6 is 11.8 Å². The third kappa shape index (κ3) is 4.22. The maximum atomic E-state index is 13.1. The first-order valence-electron chi connectivity index (χ1n) is 5.39. The molecule has 0 bridgehead atoms. The summed E-state index contributed by atoms with van der Waals surface area (Å²) in [5, 5.41) is 3.23. The van der Waals surface area contributed by atoms with Crippen LogP contribution in [-0.2, 0) is 6.54 Å². The van der Waals surface area contributed by atoms with Gasteiger partial charge in [-0.3, -0.25) is 0 Å². The molecule has 0 aliphatic carbocycles. The molecule has 0 heterocycles. The summed E-state index contributed by atoms with van der Waals surface area (Å²) >= 11 is 1.80. The Balaban J connectivity index is 2.73. The summed E-state index contributed by atoms with van der Waals surface area (Å²) in [6.07, 6.45) is 1.14. The van der Waals surface area contributed by atoms with Crippen LogP contribution in [0.1, 0.15) is 25.8 Å². The summed E-state index contributed by atoms with van der Waals surface area (Å²) in [6, 6.07) is 5.04. The zero-order valence-corrected chi connectivity index (χ0v) is 10.2. The van der Waals surface area contributed by atoms with Gasteiger partial charge >= 0.3 is 0 Å². The van der Waals surface area contributed by atoms with Gasteiger partial charge in [0.25, 0.3) is 0 Å². The van der Waals surface area contributed by atoms with Crippen LogP contribution in [0.5, 0.6) is 0 Å². The molecule has 0 amide bonds. The minimum atomic E-state index is -0.149. The van der Waals surface area contributed by atoms with Gasteiger partial charge in [0.2, 0.25) is 0 Å². The third-order valence-electron chi connectivity index (χ3n) is 2.05. The van der Waals surface area contributed by atoms with E-state index in [1.165, 1.54) is 11.0 Å². The Morgan fingerprint density at radius 3 is 2.80 bits per heavy atom. The fourth-order valence-electron chi connectivity index (χ4n) is 1.30. The smallest absolute Gasteiger partial charge is 0.123 e. The van der Waals surface area contributed by atoms with Crippen molar-refractivity contribution in [2.24, 2.45) is 0 Å². The van der Waals surface area contributed by atoms with E-state index >= 15 is 0 Å². The minimum Gasteiger partial charge on any atom is -0.313 e. The molecule has 0 radical (unpaired) electrons. The van der Waals surface area contributed by atoms with Gasteiger partial charge in [-0.25, -0.2) is 4.39 Å². The van der Waals surface area contributed by atoms with E-state index in [1.807, 2.05) is 6.07 Å². The van der Waals surface area contributed by atoms with Gasteiger partial charge in [-0.05, 0) is 42.5 Å². The molecule has 0 spiro atoms. The highest BCUT2D eigenvalue weighted by Crippen LogP contribution is 2.24. The standard InChI is InChI=1S/C12H18FNS/c1-3-7-15-12-6-5-11(13)8-10(12)9-14-4-2/h5-6,8,14H,3-4,7,9H2,1-2H3. The van der Waals surface area contributed by atoms with Crippen molar-refractivity contribution in [2.45, 2.75) is 31.7 Å². The first-order valence-corrected chi connectivity index (χ1v) is 6.38. The van der Waals surface area contributed by atoms with Crippen molar-refractivity contribution in [1.82, 2.24) is 5.32 Å². The van der Waals surface area contributed by atoms with Crippen molar-refractivity contribution in [1.29, 1.82) is 0 Å². The highest BCUT2D eigenvalue weighted by atomic mass is 32.2. The summed E-state index contributed by atoms with van der Waals surface area (Å²) in [6.45, 7) is 5.87. The molecule has 0 aliphatic heterocycles. The third-order valence-corrected chi connectivity index (χ3v) is 3.37. The Labute approximate surface area is 95.5 Å². The molecule has 0 unspecified atom stereocenters. The average Bonchev–Trinajstić information content (AvgIpc) is 2.25. The number of rotatable bonds is 6. The van der Waals surface area contributed by atoms with Crippen molar-refractivity contribution in [2.75, 3.05) is 12.3 Å². The van der Waals surface area contributed by atoms with Gasteiger partial charge in [-0.1, -0.05) is 13.8 Å². The topological polar surface area (TPSA) is 12.0 Å². The van der Waals surface area contributed by atoms with E-state index in [2.05, 4.69) is 19.2 Å². The lowest BCUT2D eigenvalue weighted by Crippen LogP contribution is -2.12. The number of thioether (sulfide) groups is 1. The fourth-order valence-corrected chi connectivity index (χ4v) is 2.20. The van der Waals surface area contributed by atoms with E-state index in [0.29, 0.717) is 0 Å². The number of halogens is 1. The molecule has 1 aromatic carbocycles. The summed E-state index contributed by atoms with van der Waals surface area (Å²) in [5.74, 6) is 0.939. The highest BCUT2D eigenvalue weighted by Gasteiger charge is 2.03. The Bertz CT molecular complexity index is 302. The Kier molecular flexibility index (Phi) is 5.73. The summed E-state index contributed by atoms with van der Waals surface area (Å²) < 4.78 is 13.1. The molecule has 0 atom stereocenters. The Hall–Kier alpha value is -0.540. The van der Waals surface area contributed by atoms with Crippen LogP contribution in [0.15, 0.2) is 23.1 Å². The molecule has 3 heteroatoms. The number of hydrogen-bond acceptors (Lipinski definition) is 2. The van der Waals surface area contributed by atoms with Crippen molar-refractivity contribution in [3.8, 4) is 0 Å². The quantitative estimate of drug-likeness (QED) is 0.747. The zero-order chi connectivity index (χ0) is 11.1. The van der Waals surface area contributed by atoms with Gasteiger partial charge in [0.1, 0.15) is 5.82 Å². The highest BCUT2D eigenvalue weighted by molar-refractivity contribution is 7.99. The number of hydrogen-bond donors (Lipinski definition) is 1. The number of benzene rings is 1. The lowest BCUT2D eigenvalue weighted by molar-refractivity contribution is 0.619. The second kappa shape index (κ2) is 6.85. The minimum absolute atomic E-state index is 0.149. The SMILES string of the molecule is CCCSc1ccc(F)cc1CNCC. The Morgan fingerprint density at radius 1 is 1.33 bits per heavy atom. The van der Waals surface area contributed by atoms with Crippen LogP contribution in [0.3, 0.4) is 0 Å². The molecule has 0 fully saturated rings. The van der Waals surface area contributed by atoms with Gasteiger partial charge < -0.3 is 5.32 Å². The molecule has 84 valence electrons. The molecule has 0 aromatic heterocycles. The predicted molar refractivity (Wildman–Crippen MR) is 64.8 cm³/mol. The van der Waals surface area contributed by atoms with Gasteiger partial charge in [0.05, 0.1) is 0 Å². The lowest BCUT2D eigenvalue weighted by atomic mass is 10.2. The molecule has 0 saturated heterocycles. The predicted octanol–water partition coefficient (Wildman–Crippen LogP) is 3.44. The van der Waals surface area contributed by atoms with Gasteiger partial charge in [0, 0.05) is 11.4 Å². The molecule has 15 heavy (non-hydrogen) atoms. The van der Waals surface area contributed by atoms with Crippen LogP contribution in [0.4, 0.5) is 4.39 Å². The van der Waals surface area contributed by atoms with Gasteiger partial charge in [-0.2, -0.15) is 0 Å². The molecule has 0 saturated carbocycles. The van der Waals surface area contributed by atoms with Gasteiger partial charge in [-0.15, -0.1) is 11.8 Å². The van der Waals surface area contributed by atoms with Crippen LogP contribution in [0.25, 0.3) is 0 Å². The van der Waals surface area contributed by atoms with Crippen molar-refractivity contribution < 1.29 is 4.39 Å². The first-order chi connectivity index (χ1) is 7.27. The van der Waals surface area contributed by atoms with Gasteiger partial charge in [0.15, 0.2) is 0 Å². The molecule has 0 aliphatic rings. The van der Waals surface area contributed by atoms with Crippen LogP contribution < -0.4 is 5.32 Å². The lowest BCUT2D eigenvalue weighted by Gasteiger charge is -2.09. The maximum absolute atomic E-state index is 13.1. The van der Waals surface area contributed by atoms with Crippen molar-refractivity contribution in [3.05, 3.63) is 29.6 Å². The summed E-state index contributed by atoms with van der Waals surface area (Å²) in [7, 11) is 0. The Morgan fingerprint density at radius 2 is 2.13 bits per heavy atom. The molecular weight excluding hydrogens is 209 g/mol. The molecule has 1 rings (SSSR count). The molecule has 1 nitrogen and oxygen atoms in total. The summed E-state index contributed by atoms with van der Waals surface area (Å²) in [4.78, 5) is 1.19. The fraction of sp³-hybridized carbons (Fsp3) is 0.500. The molecule has 1 N–H and O–H groups in total. The van der Waals surface area contributed by atoms with E-state index in [9.17, 15) is 4.39 Å². The number of nitrogens with one attached hydrogen (secondary N) is 1. The van der Waals surface area contributed by atoms with Crippen LogP contribution in [0, 0.1) is 5.82 Å². The summed E-state index contributed by atoms with van der Waals surface area (Å²) in [5.41, 5.74) is 1.07. The monoisotopic (exact) mass is 227 g/mol. The molecule has 1 aromatic rings. The van der Waals surface area contributed by atoms with E-state index in [0.717, 1.165) is 30.8 Å². The second-order valence-corrected chi connectivity index (χ2v) is 4.52.